The Labute approximate surface area is 87.5 Å². The molecule has 7 nitrogen and oxygen atoms in total. The molecule has 15 heavy (non-hydrogen) atoms. The summed E-state index contributed by atoms with van der Waals surface area (Å²) in [7, 11) is -1.24. The zero-order valence-electron chi connectivity index (χ0n) is 8.63. The lowest BCUT2D eigenvalue weighted by Gasteiger charge is -2.22. The molecule has 0 fully saturated rings. The molecule has 0 aromatic rings. The maximum absolute atomic E-state index is 11.0. The fourth-order valence-electron chi connectivity index (χ4n) is 0.907. The van der Waals surface area contributed by atoms with Crippen molar-refractivity contribution >= 4 is 21.9 Å². The third kappa shape index (κ3) is 4.63. The summed E-state index contributed by atoms with van der Waals surface area (Å²) in [4.78, 5) is 22.4. The molecule has 0 aliphatic carbocycles. The van der Waals surface area contributed by atoms with Crippen molar-refractivity contribution in [2.24, 2.45) is 0 Å². The second kappa shape index (κ2) is 4.96. The number of rotatable bonds is 4. The van der Waals surface area contributed by atoms with E-state index < -0.39 is 33.7 Å². The lowest BCUT2D eigenvalue weighted by molar-refractivity contribution is -0.141. The lowest BCUT2D eigenvalue weighted by atomic mass is 10.3. The van der Waals surface area contributed by atoms with Crippen LogP contribution in [0.3, 0.4) is 0 Å². The van der Waals surface area contributed by atoms with E-state index in [1.807, 2.05) is 0 Å². The average Bonchev–Trinajstić information content (AvgIpc) is 2.10. The quantitative estimate of drug-likeness (QED) is 0.688. The second-order valence-electron chi connectivity index (χ2n) is 3.03. The first kappa shape index (κ1) is 13.7. The van der Waals surface area contributed by atoms with E-state index in [9.17, 15) is 18.0 Å². The molecule has 1 unspecified atom stereocenters. The van der Waals surface area contributed by atoms with Gasteiger partial charge in [-0.2, -0.15) is 0 Å². The Bertz CT molecular complexity index is 348. The van der Waals surface area contributed by atoms with Crippen LogP contribution in [0.25, 0.3) is 0 Å². The second-order valence-corrected chi connectivity index (χ2v) is 5.21. The number of carbonyl (C=O) groups is 2. The monoisotopic (exact) mass is 239 g/mol. The number of nitrogens with zero attached hydrogens (tertiary/aromatic N) is 1. The molecule has 0 spiro atoms. The highest BCUT2D eigenvalue weighted by atomic mass is 32.2. The minimum Gasteiger partial charge on any atom is -0.480 e. The molecule has 1 N–H and O–H groups in total. The van der Waals surface area contributed by atoms with Gasteiger partial charge >= 0.3 is 12.1 Å². The Morgan fingerprint density at radius 3 is 2.20 bits per heavy atom. The smallest absolute Gasteiger partial charge is 0.409 e. The van der Waals surface area contributed by atoms with Gasteiger partial charge in [-0.3, -0.25) is 4.90 Å². The summed E-state index contributed by atoms with van der Waals surface area (Å²) in [6, 6.07) is -1.44. The maximum atomic E-state index is 11.0. The molecule has 0 rings (SSSR count). The molecular formula is C7H13NO6S. The van der Waals surface area contributed by atoms with Crippen molar-refractivity contribution in [1.82, 2.24) is 4.90 Å². The Morgan fingerprint density at radius 1 is 1.47 bits per heavy atom. The van der Waals surface area contributed by atoms with Crippen LogP contribution >= 0.6 is 0 Å². The number of amides is 1. The van der Waals surface area contributed by atoms with Gasteiger partial charge in [0.15, 0.2) is 0 Å². The van der Waals surface area contributed by atoms with Gasteiger partial charge in [-0.1, -0.05) is 0 Å². The first-order valence-electron chi connectivity index (χ1n) is 3.90. The standard InChI is InChI=1S/C7H13NO6S/c1-8(7(11)14-2)5(6(9)10)4-15(3,12)13/h5H,4H2,1-3H3,(H,9,10). The van der Waals surface area contributed by atoms with Gasteiger partial charge in [0.05, 0.1) is 12.9 Å². The van der Waals surface area contributed by atoms with Crippen LogP contribution in [0, 0.1) is 0 Å². The number of methoxy groups -OCH3 is 1. The molecule has 0 saturated carbocycles. The van der Waals surface area contributed by atoms with Gasteiger partial charge in [-0.25, -0.2) is 18.0 Å². The molecule has 0 aliphatic rings. The van der Waals surface area contributed by atoms with E-state index in [0.717, 1.165) is 25.3 Å². The number of carbonyl (C=O) groups excluding carboxylic acids is 1. The fourth-order valence-corrected chi connectivity index (χ4v) is 1.85. The number of carboxylic acid groups (broad SMARTS) is 1. The highest BCUT2D eigenvalue weighted by Crippen LogP contribution is 2.03. The summed E-state index contributed by atoms with van der Waals surface area (Å²) >= 11 is 0. The van der Waals surface area contributed by atoms with Crippen molar-refractivity contribution in [2.75, 3.05) is 26.2 Å². The predicted octanol–water partition coefficient (Wildman–Crippen LogP) is -0.818. The van der Waals surface area contributed by atoms with Crippen molar-refractivity contribution in [2.45, 2.75) is 6.04 Å². The van der Waals surface area contributed by atoms with Crippen molar-refractivity contribution in [3.63, 3.8) is 0 Å². The van der Waals surface area contributed by atoms with E-state index in [1.165, 1.54) is 0 Å². The number of hydrogen-bond acceptors (Lipinski definition) is 5. The minimum atomic E-state index is -3.49. The van der Waals surface area contributed by atoms with E-state index in [4.69, 9.17) is 5.11 Å². The molecule has 0 heterocycles. The summed E-state index contributed by atoms with van der Waals surface area (Å²) in [5.41, 5.74) is 0. The van der Waals surface area contributed by atoms with Crippen LogP contribution in [-0.2, 0) is 19.4 Å². The molecule has 0 radical (unpaired) electrons. The fraction of sp³-hybridized carbons (Fsp3) is 0.714. The molecule has 0 aromatic carbocycles. The van der Waals surface area contributed by atoms with Crippen molar-refractivity contribution in [3.05, 3.63) is 0 Å². The van der Waals surface area contributed by atoms with Gasteiger partial charge in [-0.15, -0.1) is 0 Å². The summed E-state index contributed by atoms with van der Waals surface area (Å²) in [5, 5.41) is 8.74. The Kier molecular flexibility index (Phi) is 4.53. The number of ether oxygens (including phenoxy) is 1. The molecule has 0 bridgehead atoms. The molecule has 8 heteroatoms. The minimum absolute atomic E-state index is 0.645. The molecular weight excluding hydrogens is 226 g/mol. The van der Waals surface area contributed by atoms with E-state index in [-0.39, 0.29) is 0 Å². The first-order valence-corrected chi connectivity index (χ1v) is 5.96. The zero-order chi connectivity index (χ0) is 12.2. The van der Waals surface area contributed by atoms with Crippen molar-refractivity contribution in [3.8, 4) is 0 Å². The zero-order valence-corrected chi connectivity index (χ0v) is 9.44. The summed E-state index contributed by atoms with van der Waals surface area (Å²) in [6.45, 7) is 0. The van der Waals surface area contributed by atoms with Gasteiger partial charge in [0.2, 0.25) is 0 Å². The van der Waals surface area contributed by atoms with Gasteiger partial charge in [0.25, 0.3) is 0 Å². The van der Waals surface area contributed by atoms with Gasteiger partial charge in [0.1, 0.15) is 15.9 Å². The number of sulfone groups is 1. The highest BCUT2D eigenvalue weighted by molar-refractivity contribution is 7.90. The molecule has 0 aliphatic heterocycles. The third-order valence-corrected chi connectivity index (χ3v) is 2.60. The average molecular weight is 239 g/mol. The topological polar surface area (TPSA) is 101 Å². The van der Waals surface area contributed by atoms with Crippen molar-refractivity contribution < 1.29 is 27.9 Å². The normalized spacial score (nSPS) is 13.0. The van der Waals surface area contributed by atoms with Gasteiger partial charge < -0.3 is 9.84 Å². The molecule has 88 valence electrons. The number of hydrogen-bond donors (Lipinski definition) is 1. The van der Waals surface area contributed by atoms with E-state index >= 15 is 0 Å². The largest absolute Gasteiger partial charge is 0.480 e. The Hall–Kier alpha value is -1.31. The first-order chi connectivity index (χ1) is 6.69. The third-order valence-electron chi connectivity index (χ3n) is 1.68. The molecule has 1 atom stereocenters. The number of likely N-dealkylation sites (N-methyl/N-ethyl adjacent to an activating group) is 1. The van der Waals surface area contributed by atoms with Crippen LogP contribution < -0.4 is 0 Å². The van der Waals surface area contributed by atoms with Crippen LogP contribution in [0.4, 0.5) is 4.79 Å². The summed E-state index contributed by atoms with van der Waals surface area (Å²) < 4.78 is 26.1. The van der Waals surface area contributed by atoms with E-state index in [0.29, 0.717) is 0 Å². The molecule has 0 saturated heterocycles. The maximum Gasteiger partial charge on any atom is 0.409 e. The van der Waals surface area contributed by atoms with E-state index in [2.05, 4.69) is 4.74 Å². The SMILES string of the molecule is COC(=O)N(C)C(CS(C)(=O)=O)C(=O)O. The van der Waals surface area contributed by atoms with Crippen LogP contribution in [0.15, 0.2) is 0 Å². The Balaban J connectivity index is 4.83. The van der Waals surface area contributed by atoms with Gasteiger partial charge in [0, 0.05) is 13.3 Å². The summed E-state index contributed by atoms with van der Waals surface area (Å²) in [6.07, 6.45) is -0.000292. The Morgan fingerprint density at radius 2 is 1.93 bits per heavy atom. The van der Waals surface area contributed by atoms with Crippen LogP contribution in [-0.4, -0.2) is 62.7 Å². The lowest BCUT2D eigenvalue weighted by Crippen LogP contribution is -2.46. The molecule has 1 amide bonds. The predicted molar refractivity (Wildman–Crippen MR) is 51.3 cm³/mol. The summed E-state index contributed by atoms with van der Waals surface area (Å²) in [5.74, 6) is -2.04. The van der Waals surface area contributed by atoms with Crippen molar-refractivity contribution in [1.29, 1.82) is 0 Å². The number of aliphatic carboxylic acids is 1. The van der Waals surface area contributed by atoms with Crippen LogP contribution in [0.2, 0.25) is 0 Å². The number of carboxylic acids is 1. The highest BCUT2D eigenvalue weighted by Gasteiger charge is 2.30. The van der Waals surface area contributed by atoms with Gasteiger partial charge in [-0.05, 0) is 0 Å². The van der Waals surface area contributed by atoms with E-state index in [1.54, 1.807) is 0 Å². The van der Waals surface area contributed by atoms with Crippen LogP contribution in [0.1, 0.15) is 0 Å². The molecule has 0 aromatic heterocycles. The van der Waals surface area contributed by atoms with Crippen LogP contribution in [0.5, 0.6) is 0 Å².